The highest BCUT2D eigenvalue weighted by atomic mass is 35.5. The molecule has 96 valence electrons. The molecule has 0 atom stereocenters. The van der Waals surface area contributed by atoms with Crippen molar-refractivity contribution in [2.24, 2.45) is 0 Å². The van der Waals surface area contributed by atoms with Crippen molar-refractivity contribution in [1.29, 1.82) is 0 Å². The minimum absolute atomic E-state index is 0.0429. The molecule has 1 aliphatic rings. The normalized spacial score (nSPS) is 18.2. The molecule has 0 aromatic heterocycles. The minimum Gasteiger partial charge on any atom is -0.509 e. The van der Waals surface area contributed by atoms with Gasteiger partial charge in [-0.15, -0.1) is 0 Å². The smallest absolute Gasteiger partial charge is 0.256 e. The molecular formula is C14H16ClNO2. The maximum atomic E-state index is 12.0. The van der Waals surface area contributed by atoms with Crippen LogP contribution in [0, 0.1) is 13.8 Å². The molecule has 3 nitrogen and oxygen atoms in total. The van der Waals surface area contributed by atoms with Gasteiger partial charge in [-0.05, 0) is 44.9 Å². The summed E-state index contributed by atoms with van der Waals surface area (Å²) in [6.07, 6.45) is 0. The third kappa shape index (κ3) is 1.89. The van der Waals surface area contributed by atoms with Crippen LogP contribution in [-0.2, 0) is 4.79 Å². The Morgan fingerprint density at radius 3 is 2.33 bits per heavy atom. The molecule has 1 aromatic carbocycles. The number of hydrogen-bond acceptors (Lipinski definition) is 2. The second-order valence-electron chi connectivity index (χ2n) is 5.24. The summed E-state index contributed by atoms with van der Waals surface area (Å²) in [5, 5.41) is 13.4. The van der Waals surface area contributed by atoms with Crippen molar-refractivity contribution in [3.63, 3.8) is 0 Å². The number of rotatable bonds is 1. The van der Waals surface area contributed by atoms with E-state index in [0.29, 0.717) is 10.6 Å². The van der Waals surface area contributed by atoms with Crippen molar-refractivity contribution in [3.8, 4) is 0 Å². The molecule has 0 saturated carbocycles. The molecule has 0 unspecified atom stereocenters. The lowest BCUT2D eigenvalue weighted by molar-refractivity contribution is -0.115. The van der Waals surface area contributed by atoms with Gasteiger partial charge in [0.2, 0.25) is 0 Å². The predicted octanol–water partition coefficient (Wildman–Crippen LogP) is 3.13. The molecule has 0 spiro atoms. The van der Waals surface area contributed by atoms with Crippen molar-refractivity contribution in [3.05, 3.63) is 39.6 Å². The molecule has 0 bridgehead atoms. The fourth-order valence-electron chi connectivity index (χ4n) is 2.29. The molecule has 0 aliphatic carbocycles. The van der Waals surface area contributed by atoms with Crippen LogP contribution in [0.2, 0.25) is 5.02 Å². The quantitative estimate of drug-likeness (QED) is 0.820. The predicted molar refractivity (Wildman–Crippen MR) is 72.7 cm³/mol. The van der Waals surface area contributed by atoms with Crippen LogP contribution in [0.4, 0.5) is 0 Å². The number of aryl methyl sites for hydroxylation is 2. The van der Waals surface area contributed by atoms with Crippen molar-refractivity contribution in [1.82, 2.24) is 5.32 Å². The highest BCUT2D eigenvalue weighted by Crippen LogP contribution is 2.36. The number of aliphatic hydroxyl groups is 1. The number of amides is 1. The standard InChI is InChI=1S/C14H16ClNO2/c1-7-5-8(2)10(9(15)6-7)11-12(17)14(3,4)16-13(11)18/h5-6,17H,1-4H3,(H,16,18). The Morgan fingerprint density at radius 1 is 1.28 bits per heavy atom. The van der Waals surface area contributed by atoms with Gasteiger partial charge < -0.3 is 10.4 Å². The highest BCUT2D eigenvalue weighted by molar-refractivity contribution is 6.36. The summed E-state index contributed by atoms with van der Waals surface area (Å²) in [5.41, 5.74) is 2.06. The third-order valence-electron chi connectivity index (χ3n) is 3.16. The van der Waals surface area contributed by atoms with Crippen molar-refractivity contribution >= 4 is 23.1 Å². The van der Waals surface area contributed by atoms with Crippen LogP contribution in [0.5, 0.6) is 0 Å². The summed E-state index contributed by atoms with van der Waals surface area (Å²) >= 11 is 6.21. The van der Waals surface area contributed by atoms with E-state index < -0.39 is 5.54 Å². The first-order chi connectivity index (χ1) is 8.24. The maximum absolute atomic E-state index is 12.0. The number of carbonyl (C=O) groups excluding carboxylic acids is 1. The summed E-state index contributed by atoms with van der Waals surface area (Å²) in [6.45, 7) is 7.33. The summed E-state index contributed by atoms with van der Waals surface area (Å²) in [6, 6.07) is 3.74. The molecule has 0 saturated heterocycles. The van der Waals surface area contributed by atoms with Gasteiger partial charge in [0.05, 0.1) is 11.1 Å². The SMILES string of the molecule is Cc1cc(C)c(C2=C(O)C(C)(C)NC2=O)c(Cl)c1. The Hall–Kier alpha value is -1.48. The number of halogens is 1. The van der Waals surface area contributed by atoms with Gasteiger partial charge in [0.15, 0.2) is 0 Å². The zero-order chi connectivity index (χ0) is 13.7. The minimum atomic E-state index is -0.743. The molecule has 2 N–H and O–H groups in total. The molecule has 1 amide bonds. The van der Waals surface area contributed by atoms with E-state index in [4.69, 9.17) is 11.6 Å². The van der Waals surface area contributed by atoms with Crippen LogP contribution in [0.25, 0.3) is 5.57 Å². The number of hydrogen-bond donors (Lipinski definition) is 2. The van der Waals surface area contributed by atoms with E-state index in [1.807, 2.05) is 19.9 Å². The third-order valence-corrected chi connectivity index (χ3v) is 3.46. The number of carbonyl (C=O) groups is 1. The van der Waals surface area contributed by atoms with Crippen LogP contribution >= 0.6 is 11.6 Å². The average Bonchev–Trinajstić information content (AvgIpc) is 2.38. The Kier molecular flexibility index (Phi) is 2.90. The van der Waals surface area contributed by atoms with E-state index in [-0.39, 0.29) is 17.2 Å². The first kappa shape index (κ1) is 13.0. The monoisotopic (exact) mass is 265 g/mol. The molecule has 1 aliphatic heterocycles. The van der Waals surface area contributed by atoms with Gasteiger partial charge in [0.25, 0.3) is 5.91 Å². The molecule has 18 heavy (non-hydrogen) atoms. The van der Waals surface area contributed by atoms with E-state index in [1.165, 1.54) is 0 Å². The van der Waals surface area contributed by atoms with Crippen molar-refractivity contribution < 1.29 is 9.90 Å². The van der Waals surface area contributed by atoms with Crippen LogP contribution < -0.4 is 5.32 Å². The van der Waals surface area contributed by atoms with Gasteiger partial charge in [0.1, 0.15) is 5.76 Å². The Morgan fingerprint density at radius 2 is 1.89 bits per heavy atom. The molecule has 0 radical (unpaired) electrons. The van der Waals surface area contributed by atoms with Crippen LogP contribution in [0.1, 0.15) is 30.5 Å². The second kappa shape index (κ2) is 4.02. The number of benzene rings is 1. The van der Waals surface area contributed by atoms with E-state index in [9.17, 15) is 9.90 Å². The largest absolute Gasteiger partial charge is 0.509 e. The van der Waals surface area contributed by atoms with E-state index in [2.05, 4.69) is 5.32 Å². The number of aliphatic hydroxyl groups excluding tert-OH is 1. The van der Waals surface area contributed by atoms with Crippen molar-refractivity contribution in [2.45, 2.75) is 33.2 Å². The fraction of sp³-hybridized carbons (Fsp3) is 0.357. The number of nitrogens with one attached hydrogen (secondary N) is 1. The molecule has 0 fully saturated rings. The first-order valence-electron chi connectivity index (χ1n) is 5.77. The molecular weight excluding hydrogens is 250 g/mol. The highest BCUT2D eigenvalue weighted by Gasteiger charge is 2.39. The van der Waals surface area contributed by atoms with E-state index in [1.54, 1.807) is 19.9 Å². The summed E-state index contributed by atoms with van der Waals surface area (Å²) in [7, 11) is 0. The first-order valence-corrected chi connectivity index (χ1v) is 6.15. The summed E-state index contributed by atoms with van der Waals surface area (Å²) in [5.74, 6) is -0.243. The molecule has 2 rings (SSSR count). The fourth-order valence-corrected chi connectivity index (χ4v) is 2.71. The molecule has 1 aromatic rings. The van der Waals surface area contributed by atoms with Crippen LogP contribution in [-0.4, -0.2) is 16.6 Å². The summed E-state index contributed by atoms with van der Waals surface area (Å²) < 4.78 is 0. The lowest BCUT2D eigenvalue weighted by Gasteiger charge is -2.17. The van der Waals surface area contributed by atoms with Crippen LogP contribution in [0.15, 0.2) is 17.9 Å². The Labute approximate surface area is 111 Å². The lowest BCUT2D eigenvalue weighted by Crippen LogP contribution is -2.38. The zero-order valence-electron chi connectivity index (χ0n) is 10.9. The van der Waals surface area contributed by atoms with Gasteiger partial charge in [-0.2, -0.15) is 0 Å². The van der Waals surface area contributed by atoms with E-state index in [0.717, 1.165) is 11.1 Å². The van der Waals surface area contributed by atoms with Gasteiger partial charge in [-0.25, -0.2) is 0 Å². The maximum Gasteiger partial charge on any atom is 0.256 e. The van der Waals surface area contributed by atoms with E-state index >= 15 is 0 Å². The zero-order valence-corrected chi connectivity index (χ0v) is 11.6. The van der Waals surface area contributed by atoms with Crippen LogP contribution in [0.3, 0.4) is 0 Å². The van der Waals surface area contributed by atoms with Gasteiger partial charge in [-0.3, -0.25) is 4.79 Å². The van der Waals surface area contributed by atoms with Crippen molar-refractivity contribution in [2.75, 3.05) is 0 Å². The average molecular weight is 266 g/mol. The molecule has 4 heteroatoms. The topological polar surface area (TPSA) is 49.3 Å². The van der Waals surface area contributed by atoms with Gasteiger partial charge >= 0.3 is 0 Å². The Bertz CT molecular complexity index is 550. The Balaban J connectivity index is 2.71. The van der Waals surface area contributed by atoms with Gasteiger partial charge in [0, 0.05) is 10.6 Å². The second-order valence-corrected chi connectivity index (χ2v) is 5.65. The molecule has 1 heterocycles. The van der Waals surface area contributed by atoms with Gasteiger partial charge in [-0.1, -0.05) is 17.7 Å². The summed E-state index contributed by atoms with van der Waals surface area (Å²) in [4.78, 5) is 12.0. The lowest BCUT2D eigenvalue weighted by atomic mass is 9.95.